The van der Waals surface area contributed by atoms with Gasteiger partial charge in [0.15, 0.2) is 0 Å². The molecule has 1 aromatic heterocycles. The fourth-order valence-electron chi connectivity index (χ4n) is 2.97. The number of imidazole rings is 1. The monoisotopic (exact) mass is 406 g/mol. The number of nitrogens with one attached hydrogen (secondary N) is 1. The van der Waals surface area contributed by atoms with Crippen LogP contribution in [0.25, 0.3) is 22.4 Å². The molecular weight excluding hydrogens is 392 g/mol. The number of aromatic nitrogens is 2. The number of hydrogen-bond acceptors (Lipinski definition) is 5. The van der Waals surface area contributed by atoms with Crippen LogP contribution in [0, 0.1) is 17.0 Å². The summed E-state index contributed by atoms with van der Waals surface area (Å²) in [6.45, 7) is 1.90. The third-order valence-corrected chi connectivity index (χ3v) is 4.71. The van der Waals surface area contributed by atoms with Crippen LogP contribution < -0.4 is 0 Å². The lowest BCUT2D eigenvalue weighted by Crippen LogP contribution is -1.92. The Bertz CT molecular complexity index is 1250. The van der Waals surface area contributed by atoms with Gasteiger partial charge in [-0.05, 0) is 36.8 Å². The van der Waals surface area contributed by atoms with Crippen molar-refractivity contribution < 1.29 is 10.0 Å². The van der Waals surface area contributed by atoms with Crippen molar-refractivity contribution in [2.45, 2.75) is 6.92 Å². The fourth-order valence-corrected chi connectivity index (χ4v) is 3.19. The molecule has 0 amide bonds. The van der Waals surface area contributed by atoms with Gasteiger partial charge in [-0.2, -0.15) is 0 Å². The van der Waals surface area contributed by atoms with Crippen molar-refractivity contribution >= 4 is 40.2 Å². The second-order valence-corrected chi connectivity index (χ2v) is 6.92. The lowest BCUT2D eigenvalue weighted by atomic mass is 10.1. The summed E-state index contributed by atoms with van der Waals surface area (Å²) in [5, 5.41) is 21.3. The molecule has 0 aliphatic heterocycles. The molecule has 4 rings (SSSR count). The van der Waals surface area contributed by atoms with Gasteiger partial charge in [0.2, 0.25) is 5.75 Å². The number of aromatic hydroxyl groups is 1. The van der Waals surface area contributed by atoms with Crippen LogP contribution in [-0.2, 0) is 0 Å². The van der Waals surface area contributed by atoms with Crippen molar-refractivity contribution in [3.63, 3.8) is 0 Å². The van der Waals surface area contributed by atoms with E-state index in [0.717, 1.165) is 28.2 Å². The van der Waals surface area contributed by atoms with Gasteiger partial charge < -0.3 is 10.1 Å². The van der Waals surface area contributed by atoms with Crippen LogP contribution in [0.15, 0.2) is 59.6 Å². The van der Waals surface area contributed by atoms with Crippen LogP contribution >= 0.6 is 11.6 Å². The minimum atomic E-state index is -0.688. The van der Waals surface area contributed by atoms with Gasteiger partial charge in [-0.25, -0.2) is 4.98 Å². The average Bonchev–Trinajstić information content (AvgIpc) is 3.13. The minimum absolute atomic E-state index is 0.142. The standard InChI is InChI=1S/C21H15ClN4O3/c1-12-6-7-13(21-24-16-4-2-3-5-17(16)25-21)9-18(12)23-11-14-8-15(22)10-19(20(14)27)26(28)29/h2-11,27H,1H3,(H,24,25). The van der Waals surface area contributed by atoms with Gasteiger partial charge in [-0.1, -0.05) is 35.9 Å². The van der Waals surface area contributed by atoms with Gasteiger partial charge in [-0.3, -0.25) is 15.1 Å². The number of nitro benzene ring substituents is 1. The zero-order chi connectivity index (χ0) is 20.5. The molecule has 0 aliphatic carbocycles. The molecule has 0 unspecified atom stereocenters. The van der Waals surface area contributed by atoms with Gasteiger partial charge in [0.25, 0.3) is 0 Å². The van der Waals surface area contributed by atoms with E-state index in [1.54, 1.807) is 0 Å². The van der Waals surface area contributed by atoms with Gasteiger partial charge in [0.05, 0.1) is 21.6 Å². The lowest BCUT2D eigenvalue weighted by molar-refractivity contribution is -0.385. The maximum Gasteiger partial charge on any atom is 0.312 e. The number of para-hydroxylation sites is 2. The molecule has 0 radical (unpaired) electrons. The molecule has 0 bridgehead atoms. The van der Waals surface area contributed by atoms with Crippen LogP contribution in [0.1, 0.15) is 11.1 Å². The number of fused-ring (bicyclic) bond motifs is 1. The number of H-pyrrole nitrogens is 1. The van der Waals surface area contributed by atoms with Crippen molar-refractivity contribution in [2.75, 3.05) is 0 Å². The predicted octanol–water partition coefficient (Wildman–Crippen LogP) is 5.56. The SMILES string of the molecule is Cc1ccc(-c2nc3ccccc3[nH]2)cc1N=Cc1cc(Cl)cc([N+](=O)[O-])c1O. The molecule has 0 aliphatic rings. The van der Waals surface area contributed by atoms with E-state index in [1.165, 1.54) is 12.3 Å². The molecule has 0 fully saturated rings. The van der Waals surface area contributed by atoms with Crippen molar-refractivity contribution in [3.05, 3.63) is 80.9 Å². The molecule has 7 nitrogen and oxygen atoms in total. The number of halogens is 1. The van der Waals surface area contributed by atoms with E-state index in [1.807, 2.05) is 49.4 Å². The van der Waals surface area contributed by atoms with Gasteiger partial charge in [0, 0.05) is 28.4 Å². The Morgan fingerprint density at radius 2 is 2.00 bits per heavy atom. The molecule has 0 saturated heterocycles. The third kappa shape index (κ3) is 3.68. The Balaban J connectivity index is 1.73. The number of aromatic amines is 1. The number of nitro groups is 1. The zero-order valence-corrected chi connectivity index (χ0v) is 16.0. The second kappa shape index (κ2) is 7.37. The van der Waals surface area contributed by atoms with Gasteiger partial charge in [-0.15, -0.1) is 0 Å². The third-order valence-electron chi connectivity index (χ3n) is 4.50. The van der Waals surface area contributed by atoms with E-state index in [9.17, 15) is 15.2 Å². The molecule has 144 valence electrons. The average molecular weight is 407 g/mol. The number of benzene rings is 3. The predicted molar refractivity (Wildman–Crippen MR) is 113 cm³/mol. The number of rotatable bonds is 4. The number of nitrogens with zero attached hydrogens (tertiary/aromatic N) is 3. The summed E-state index contributed by atoms with van der Waals surface area (Å²) in [5.74, 6) is 0.234. The normalized spacial score (nSPS) is 11.4. The first-order chi connectivity index (χ1) is 13.9. The Morgan fingerprint density at radius 3 is 2.76 bits per heavy atom. The first-order valence-electron chi connectivity index (χ1n) is 8.69. The number of phenols is 1. The van der Waals surface area contributed by atoms with Crippen molar-refractivity contribution in [1.29, 1.82) is 0 Å². The molecule has 8 heteroatoms. The lowest BCUT2D eigenvalue weighted by Gasteiger charge is -2.04. The van der Waals surface area contributed by atoms with Gasteiger partial charge in [0.1, 0.15) is 5.82 Å². The largest absolute Gasteiger partial charge is 0.502 e. The first kappa shape index (κ1) is 18.6. The number of aliphatic imine (C=N–C) groups is 1. The molecule has 2 N–H and O–H groups in total. The molecule has 0 atom stereocenters. The Hall–Kier alpha value is -3.71. The highest BCUT2D eigenvalue weighted by atomic mass is 35.5. The maximum atomic E-state index is 11.1. The van der Waals surface area contributed by atoms with Crippen LogP contribution in [0.5, 0.6) is 5.75 Å². The summed E-state index contributed by atoms with van der Waals surface area (Å²) in [5.41, 5.74) is 3.89. The Labute approximate surface area is 170 Å². The number of phenolic OH excluding ortho intramolecular Hbond substituents is 1. The molecule has 4 aromatic rings. The van der Waals surface area contributed by atoms with Crippen molar-refractivity contribution in [2.24, 2.45) is 4.99 Å². The topological polar surface area (TPSA) is 104 Å². The minimum Gasteiger partial charge on any atom is -0.502 e. The van der Waals surface area contributed by atoms with Crippen molar-refractivity contribution in [1.82, 2.24) is 9.97 Å². The zero-order valence-electron chi connectivity index (χ0n) is 15.3. The summed E-state index contributed by atoms with van der Waals surface area (Å²) in [6, 6.07) is 16.0. The summed E-state index contributed by atoms with van der Waals surface area (Å²) < 4.78 is 0. The highest BCUT2D eigenvalue weighted by Crippen LogP contribution is 2.33. The quantitative estimate of drug-likeness (QED) is 0.263. The van der Waals surface area contributed by atoms with E-state index in [-0.39, 0.29) is 10.6 Å². The highest BCUT2D eigenvalue weighted by molar-refractivity contribution is 6.31. The smallest absolute Gasteiger partial charge is 0.312 e. The summed E-state index contributed by atoms with van der Waals surface area (Å²) in [4.78, 5) is 22.6. The van der Waals surface area contributed by atoms with E-state index in [2.05, 4.69) is 15.0 Å². The summed E-state index contributed by atoms with van der Waals surface area (Å²) >= 11 is 5.93. The Morgan fingerprint density at radius 1 is 1.21 bits per heavy atom. The number of aryl methyl sites for hydroxylation is 1. The van der Waals surface area contributed by atoms with Gasteiger partial charge >= 0.3 is 5.69 Å². The molecule has 1 heterocycles. The maximum absolute atomic E-state index is 11.1. The van der Waals surface area contributed by atoms with Crippen LogP contribution in [0.4, 0.5) is 11.4 Å². The highest BCUT2D eigenvalue weighted by Gasteiger charge is 2.17. The molecule has 29 heavy (non-hydrogen) atoms. The van der Waals surface area contributed by atoms with E-state index >= 15 is 0 Å². The van der Waals surface area contributed by atoms with E-state index in [4.69, 9.17) is 11.6 Å². The number of hydrogen-bond donors (Lipinski definition) is 2. The molecule has 3 aromatic carbocycles. The molecule has 0 saturated carbocycles. The second-order valence-electron chi connectivity index (χ2n) is 6.48. The summed E-state index contributed by atoms with van der Waals surface area (Å²) in [7, 11) is 0. The first-order valence-corrected chi connectivity index (χ1v) is 9.07. The molecular formula is C21H15ClN4O3. The summed E-state index contributed by atoms with van der Waals surface area (Å²) in [6.07, 6.45) is 1.36. The van der Waals surface area contributed by atoms with Crippen LogP contribution in [0.2, 0.25) is 5.02 Å². The van der Waals surface area contributed by atoms with E-state index in [0.29, 0.717) is 11.5 Å². The fraction of sp³-hybridized carbons (Fsp3) is 0.0476. The van der Waals surface area contributed by atoms with Crippen molar-refractivity contribution in [3.8, 4) is 17.1 Å². The van der Waals surface area contributed by atoms with Crippen LogP contribution in [-0.4, -0.2) is 26.2 Å². The Kier molecular flexibility index (Phi) is 4.74. The molecule has 0 spiro atoms. The van der Waals surface area contributed by atoms with E-state index < -0.39 is 16.4 Å². The van der Waals surface area contributed by atoms with Crippen LogP contribution in [0.3, 0.4) is 0 Å².